The summed E-state index contributed by atoms with van der Waals surface area (Å²) in [6.07, 6.45) is 1.60. The minimum Gasteiger partial charge on any atom is -0.444 e. The van der Waals surface area contributed by atoms with Crippen molar-refractivity contribution in [3.8, 4) is 0 Å². The Bertz CT molecular complexity index is 1400. The third-order valence-corrected chi connectivity index (χ3v) is 7.97. The normalized spacial score (nSPS) is 15.1. The third-order valence-electron chi connectivity index (χ3n) is 7.97. The summed E-state index contributed by atoms with van der Waals surface area (Å²) in [6, 6.07) is 9.25. The van der Waals surface area contributed by atoms with Gasteiger partial charge in [-0.05, 0) is 75.6 Å². The van der Waals surface area contributed by atoms with Gasteiger partial charge in [0.05, 0.1) is 12.1 Å². The van der Waals surface area contributed by atoms with Gasteiger partial charge in [0.25, 0.3) is 0 Å². The smallest absolute Gasteiger partial charge is 0.408 e. The van der Waals surface area contributed by atoms with Gasteiger partial charge in [-0.15, -0.1) is 0 Å². The molecule has 0 bridgehead atoms. The number of carbonyl (C=O) groups is 5. The van der Waals surface area contributed by atoms with E-state index in [-0.39, 0.29) is 37.1 Å². The Morgan fingerprint density at radius 2 is 1.30 bits per heavy atom. The van der Waals surface area contributed by atoms with Gasteiger partial charge < -0.3 is 36.4 Å². The van der Waals surface area contributed by atoms with Crippen LogP contribution >= 0.6 is 0 Å². The lowest BCUT2D eigenvalue weighted by atomic mass is 9.92. The monoisotopic (exact) mass is 696 g/mol. The van der Waals surface area contributed by atoms with Crippen LogP contribution in [0.5, 0.6) is 0 Å². The molecule has 50 heavy (non-hydrogen) atoms. The summed E-state index contributed by atoms with van der Waals surface area (Å²) in [5.41, 5.74) is 0.960. The molecule has 0 spiro atoms. The number of rotatable bonds is 17. The summed E-state index contributed by atoms with van der Waals surface area (Å²) in [4.78, 5) is 69.2. The Morgan fingerprint density at radius 3 is 1.86 bits per heavy atom. The predicted molar refractivity (Wildman–Crippen MR) is 190 cm³/mol. The van der Waals surface area contributed by atoms with Gasteiger partial charge in [-0.1, -0.05) is 65.0 Å². The van der Waals surface area contributed by atoms with Crippen LogP contribution in [-0.2, 0) is 36.9 Å². The number of nitrogens with one attached hydrogen (secondary N) is 5. The number of aliphatic hydroxyl groups excluding tert-OH is 1. The van der Waals surface area contributed by atoms with Gasteiger partial charge in [-0.2, -0.15) is 0 Å². The lowest BCUT2D eigenvalue weighted by molar-refractivity contribution is -0.133. The molecule has 13 heteroatoms. The fourth-order valence-electron chi connectivity index (χ4n) is 5.06. The zero-order valence-corrected chi connectivity index (χ0v) is 30.8. The molecule has 2 aromatic rings. The van der Waals surface area contributed by atoms with Crippen molar-refractivity contribution < 1.29 is 33.8 Å². The molecule has 276 valence electrons. The van der Waals surface area contributed by atoms with E-state index in [9.17, 15) is 29.1 Å². The van der Waals surface area contributed by atoms with E-state index in [1.165, 1.54) is 6.92 Å². The van der Waals surface area contributed by atoms with Crippen molar-refractivity contribution in [1.82, 2.24) is 31.6 Å². The van der Waals surface area contributed by atoms with Gasteiger partial charge >= 0.3 is 6.09 Å². The van der Waals surface area contributed by atoms with E-state index in [2.05, 4.69) is 31.6 Å². The summed E-state index contributed by atoms with van der Waals surface area (Å²) in [5, 5.41) is 25.1. The molecule has 0 radical (unpaired) electrons. The number of carbonyl (C=O) groups excluding carboxylic acids is 5. The summed E-state index contributed by atoms with van der Waals surface area (Å²) in [5.74, 6) is -3.08. The molecule has 0 aliphatic heterocycles. The second kappa shape index (κ2) is 19.6. The maximum absolute atomic E-state index is 13.4. The standard InChI is InChI=1S/C37H56N6O7/c1-22(2)30(34(47)39-21-27-15-17-38-18-16-27)42-32(45)24(5)19-29(44)28(20-26-13-11-10-12-14-26)41-33(46)25(6)40-35(48)31(23(3)4)43-36(49)50-37(7,8)9/h10-18,22-25,28-31,44H,19-21H2,1-9H3,(H,39,47)(H,40,48)(H,41,46)(H,42,45)(H,43,49)/t24-,25-,28+,29+,30+,31+/m1/s1. The van der Waals surface area contributed by atoms with E-state index in [0.29, 0.717) is 0 Å². The molecule has 0 fully saturated rings. The van der Waals surface area contributed by atoms with Gasteiger partial charge in [0, 0.05) is 24.9 Å². The van der Waals surface area contributed by atoms with Gasteiger partial charge in [-0.3, -0.25) is 24.2 Å². The van der Waals surface area contributed by atoms with Gasteiger partial charge in [0.15, 0.2) is 0 Å². The van der Waals surface area contributed by atoms with E-state index < -0.39 is 65.6 Å². The number of hydrogen-bond donors (Lipinski definition) is 6. The lowest BCUT2D eigenvalue weighted by Crippen LogP contribution is -2.57. The highest BCUT2D eigenvalue weighted by molar-refractivity contribution is 5.91. The zero-order valence-electron chi connectivity index (χ0n) is 30.8. The molecule has 6 N–H and O–H groups in total. The maximum Gasteiger partial charge on any atom is 0.408 e. The Balaban J connectivity index is 2.10. The molecule has 6 atom stereocenters. The average Bonchev–Trinajstić information content (AvgIpc) is 3.04. The number of benzene rings is 1. The molecule has 1 aromatic carbocycles. The van der Waals surface area contributed by atoms with E-state index in [1.807, 2.05) is 44.2 Å². The van der Waals surface area contributed by atoms with E-state index in [0.717, 1.165) is 11.1 Å². The van der Waals surface area contributed by atoms with Crippen LogP contribution in [-0.4, -0.2) is 75.7 Å². The minimum absolute atomic E-state index is 0.0109. The Kier molecular flexibility index (Phi) is 16.3. The molecule has 1 heterocycles. The number of nitrogens with zero attached hydrogens (tertiary/aromatic N) is 1. The number of ether oxygens (including phenoxy) is 1. The fourth-order valence-corrected chi connectivity index (χ4v) is 5.06. The molecule has 5 amide bonds. The number of amides is 5. The average molecular weight is 697 g/mol. The van der Waals surface area contributed by atoms with Crippen molar-refractivity contribution in [3.63, 3.8) is 0 Å². The van der Waals surface area contributed by atoms with Crippen molar-refractivity contribution in [2.24, 2.45) is 17.8 Å². The molecule has 0 saturated carbocycles. The van der Waals surface area contributed by atoms with Crippen LogP contribution in [0.1, 0.15) is 79.9 Å². The van der Waals surface area contributed by atoms with Crippen molar-refractivity contribution in [2.45, 2.75) is 118 Å². The Morgan fingerprint density at radius 1 is 0.720 bits per heavy atom. The number of hydrogen-bond acceptors (Lipinski definition) is 8. The summed E-state index contributed by atoms with van der Waals surface area (Å²) >= 11 is 0. The van der Waals surface area contributed by atoms with E-state index in [4.69, 9.17) is 4.74 Å². The molecular formula is C37H56N6O7. The minimum atomic E-state index is -1.15. The van der Waals surface area contributed by atoms with Crippen LogP contribution in [0.25, 0.3) is 0 Å². The van der Waals surface area contributed by atoms with Gasteiger partial charge in [-0.25, -0.2) is 4.79 Å². The van der Waals surface area contributed by atoms with Crippen LogP contribution in [0.15, 0.2) is 54.9 Å². The number of aliphatic hydroxyl groups is 1. The second-order valence-electron chi connectivity index (χ2n) is 14.4. The third kappa shape index (κ3) is 14.5. The second-order valence-corrected chi connectivity index (χ2v) is 14.4. The van der Waals surface area contributed by atoms with Crippen LogP contribution in [0, 0.1) is 17.8 Å². The fraction of sp³-hybridized carbons (Fsp3) is 0.568. The van der Waals surface area contributed by atoms with E-state index >= 15 is 0 Å². The van der Waals surface area contributed by atoms with Crippen LogP contribution in [0.3, 0.4) is 0 Å². The maximum atomic E-state index is 13.4. The van der Waals surface area contributed by atoms with Crippen LogP contribution < -0.4 is 26.6 Å². The van der Waals surface area contributed by atoms with Crippen LogP contribution in [0.4, 0.5) is 4.79 Å². The molecule has 0 aliphatic carbocycles. The molecule has 2 rings (SSSR count). The Hall–Kier alpha value is -4.52. The molecule has 0 unspecified atom stereocenters. The van der Waals surface area contributed by atoms with Gasteiger partial charge in [0.2, 0.25) is 23.6 Å². The molecular weight excluding hydrogens is 640 g/mol. The summed E-state index contributed by atoms with van der Waals surface area (Å²) < 4.78 is 5.29. The first-order valence-corrected chi connectivity index (χ1v) is 17.2. The van der Waals surface area contributed by atoms with E-state index in [1.54, 1.807) is 66.1 Å². The van der Waals surface area contributed by atoms with Gasteiger partial charge in [0.1, 0.15) is 23.7 Å². The highest BCUT2D eigenvalue weighted by Gasteiger charge is 2.32. The first-order valence-electron chi connectivity index (χ1n) is 17.2. The van der Waals surface area contributed by atoms with Crippen molar-refractivity contribution in [2.75, 3.05) is 0 Å². The highest BCUT2D eigenvalue weighted by atomic mass is 16.6. The topological polar surface area (TPSA) is 188 Å². The summed E-state index contributed by atoms with van der Waals surface area (Å²) in [6.45, 7) is 15.8. The Labute approximate surface area is 296 Å². The van der Waals surface area contributed by atoms with Crippen LogP contribution in [0.2, 0.25) is 0 Å². The molecule has 0 saturated heterocycles. The zero-order chi connectivity index (χ0) is 37.6. The quantitative estimate of drug-likeness (QED) is 0.146. The number of pyridine rings is 1. The SMILES string of the molecule is CC(C)[C@H](NC(=O)OC(C)(C)C)C(=O)N[C@H](C)C(=O)N[C@@H](Cc1ccccc1)[C@@H](O)C[C@@H](C)C(=O)N[C@H](C(=O)NCc1ccncc1)C(C)C. The lowest BCUT2D eigenvalue weighted by Gasteiger charge is -2.29. The summed E-state index contributed by atoms with van der Waals surface area (Å²) in [7, 11) is 0. The highest BCUT2D eigenvalue weighted by Crippen LogP contribution is 2.16. The van der Waals surface area contributed by atoms with Crippen molar-refractivity contribution >= 4 is 29.7 Å². The molecule has 13 nitrogen and oxygen atoms in total. The number of alkyl carbamates (subject to hydrolysis) is 1. The largest absolute Gasteiger partial charge is 0.444 e. The molecule has 0 aliphatic rings. The first kappa shape index (κ1) is 41.7. The van der Waals surface area contributed by atoms with Crippen molar-refractivity contribution in [3.05, 3.63) is 66.0 Å². The predicted octanol–water partition coefficient (Wildman–Crippen LogP) is 3.01. The van der Waals surface area contributed by atoms with Crippen molar-refractivity contribution in [1.29, 1.82) is 0 Å². The number of aromatic nitrogens is 1. The first-order chi connectivity index (χ1) is 23.4. The molecule has 1 aromatic heterocycles.